The van der Waals surface area contributed by atoms with E-state index in [-0.39, 0.29) is 17.0 Å². The molecular weight excluding hydrogens is 428 g/mol. The summed E-state index contributed by atoms with van der Waals surface area (Å²) < 4.78 is 5.13. The summed E-state index contributed by atoms with van der Waals surface area (Å²) in [5.74, 6) is -0.543. The van der Waals surface area contributed by atoms with E-state index >= 15 is 0 Å². The fourth-order valence-corrected chi connectivity index (χ4v) is 3.54. The van der Waals surface area contributed by atoms with Gasteiger partial charge in [0.25, 0.3) is 11.8 Å². The van der Waals surface area contributed by atoms with Gasteiger partial charge in [0.05, 0.1) is 18.4 Å². The number of ether oxygens (including phenoxy) is 1. The SMILES string of the molecule is COc1ccc(CNC(=O)c2ccc3c(c2)C(=O)/C(=C\c2cccc(Cl)c2)C(=O)N3)cc1. The Morgan fingerprint density at radius 3 is 2.56 bits per heavy atom. The summed E-state index contributed by atoms with van der Waals surface area (Å²) in [7, 11) is 1.59. The Morgan fingerprint density at radius 2 is 1.84 bits per heavy atom. The monoisotopic (exact) mass is 446 g/mol. The number of Topliss-reactive ketones (excluding diaryl/α,β-unsaturated/α-hetero) is 1. The van der Waals surface area contributed by atoms with Crippen molar-refractivity contribution in [1.29, 1.82) is 0 Å². The van der Waals surface area contributed by atoms with E-state index in [1.165, 1.54) is 12.1 Å². The number of hydrogen-bond acceptors (Lipinski definition) is 4. The molecule has 2 N–H and O–H groups in total. The molecule has 0 aliphatic carbocycles. The molecule has 0 atom stereocenters. The van der Waals surface area contributed by atoms with Crippen molar-refractivity contribution in [3.8, 4) is 5.75 Å². The molecule has 1 heterocycles. The van der Waals surface area contributed by atoms with Crippen molar-refractivity contribution in [3.05, 3.63) is 99.6 Å². The van der Waals surface area contributed by atoms with Crippen molar-refractivity contribution in [2.45, 2.75) is 6.54 Å². The first kappa shape index (κ1) is 21.3. The summed E-state index contributed by atoms with van der Waals surface area (Å²) in [6.07, 6.45) is 1.49. The number of amides is 2. The van der Waals surface area contributed by atoms with Gasteiger partial charge in [0.1, 0.15) is 5.75 Å². The normalized spacial score (nSPS) is 14.0. The van der Waals surface area contributed by atoms with E-state index in [0.29, 0.717) is 28.4 Å². The maximum atomic E-state index is 13.0. The van der Waals surface area contributed by atoms with Gasteiger partial charge in [-0.3, -0.25) is 14.4 Å². The smallest absolute Gasteiger partial charge is 0.259 e. The van der Waals surface area contributed by atoms with Crippen LogP contribution < -0.4 is 15.4 Å². The summed E-state index contributed by atoms with van der Waals surface area (Å²) in [6.45, 7) is 0.324. The Kier molecular flexibility index (Phi) is 6.05. The fourth-order valence-electron chi connectivity index (χ4n) is 3.34. The van der Waals surface area contributed by atoms with Crippen molar-refractivity contribution in [2.75, 3.05) is 12.4 Å². The van der Waals surface area contributed by atoms with E-state index in [2.05, 4.69) is 10.6 Å². The van der Waals surface area contributed by atoms with Crippen LogP contribution in [0.1, 0.15) is 31.8 Å². The van der Waals surface area contributed by atoms with E-state index in [4.69, 9.17) is 16.3 Å². The molecule has 0 fully saturated rings. The number of rotatable bonds is 5. The van der Waals surface area contributed by atoms with E-state index in [1.54, 1.807) is 43.5 Å². The second kappa shape index (κ2) is 9.08. The molecule has 3 aromatic rings. The van der Waals surface area contributed by atoms with Gasteiger partial charge in [0.15, 0.2) is 0 Å². The van der Waals surface area contributed by atoms with Gasteiger partial charge in [-0.1, -0.05) is 35.9 Å². The molecule has 4 rings (SSSR count). The number of anilines is 1. The third-order valence-corrected chi connectivity index (χ3v) is 5.27. The van der Waals surface area contributed by atoms with Gasteiger partial charge >= 0.3 is 0 Å². The number of fused-ring (bicyclic) bond motifs is 1. The molecule has 1 aliphatic heterocycles. The summed E-state index contributed by atoms with van der Waals surface area (Å²) >= 11 is 6.00. The molecule has 3 aromatic carbocycles. The molecule has 32 heavy (non-hydrogen) atoms. The first-order chi connectivity index (χ1) is 15.4. The second-order valence-corrected chi connectivity index (χ2v) is 7.62. The first-order valence-electron chi connectivity index (χ1n) is 9.83. The minimum absolute atomic E-state index is 0.0180. The molecule has 1 aliphatic rings. The number of methoxy groups -OCH3 is 1. The first-order valence-corrected chi connectivity index (χ1v) is 10.2. The van der Waals surface area contributed by atoms with Crippen LogP contribution in [0.5, 0.6) is 5.75 Å². The van der Waals surface area contributed by atoms with E-state index < -0.39 is 11.7 Å². The maximum absolute atomic E-state index is 13.0. The second-order valence-electron chi connectivity index (χ2n) is 7.19. The van der Waals surface area contributed by atoms with Gasteiger partial charge in [0, 0.05) is 22.7 Å². The Labute approximate surface area is 189 Å². The Balaban J connectivity index is 1.54. The van der Waals surface area contributed by atoms with Gasteiger partial charge in [-0.25, -0.2) is 0 Å². The Morgan fingerprint density at radius 1 is 1.06 bits per heavy atom. The predicted octanol–water partition coefficient (Wildman–Crippen LogP) is 4.50. The van der Waals surface area contributed by atoms with E-state index in [0.717, 1.165) is 11.3 Å². The van der Waals surface area contributed by atoms with Crippen molar-refractivity contribution < 1.29 is 19.1 Å². The Bertz CT molecular complexity index is 1250. The topological polar surface area (TPSA) is 84.5 Å². The van der Waals surface area contributed by atoms with E-state index in [9.17, 15) is 14.4 Å². The molecule has 0 spiro atoms. The molecule has 0 saturated heterocycles. The molecule has 160 valence electrons. The number of benzene rings is 3. The molecule has 0 aromatic heterocycles. The zero-order valence-electron chi connectivity index (χ0n) is 17.1. The van der Waals surface area contributed by atoms with Gasteiger partial charge in [-0.15, -0.1) is 0 Å². The lowest BCUT2D eigenvalue weighted by atomic mass is 9.93. The molecule has 0 unspecified atom stereocenters. The van der Waals surface area contributed by atoms with Gasteiger partial charge < -0.3 is 15.4 Å². The minimum atomic E-state index is -0.501. The van der Waals surface area contributed by atoms with Crippen LogP contribution in [0.4, 0.5) is 5.69 Å². The van der Waals surface area contributed by atoms with E-state index in [1.807, 2.05) is 24.3 Å². The zero-order chi connectivity index (χ0) is 22.7. The highest BCUT2D eigenvalue weighted by atomic mass is 35.5. The van der Waals surface area contributed by atoms with Crippen molar-refractivity contribution >= 4 is 41.0 Å². The summed E-state index contributed by atoms with van der Waals surface area (Å²) in [6, 6.07) is 18.8. The number of nitrogens with one attached hydrogen (secondary N) is 2. The molecule has 7 heteroatoms. The van der Waals surface area contributed by atoms with Gasteiger partial charge in [-0.05, 0) is 59.7 Å². The highest BCUT2D eigenvalue weighted by molar-refractivity contribution is 6.36. The summed E-state index contributed by atoms with van der Waals surface area (Å²) in [4.78, 5) is 38.1. The standard InChI is InChI=1S/C25H19ClN2O4/c1-32-19-8-5-15(6-9-19)14-27-24(30)17-7-10-22-20(13-17)23(29)21(25(31)28-22)12-16-3-2-4-18(26)11-16/h2-13H,14H2,1H3,(H,27,30)(H,28,31)/b21-12+. The number of halogens is 1. The highest BCUT2D eigenvalue weighted by Crippen LogP contribution is 2.28. The highest BCUT2D eigenvalue weighted by Gasteiger charge is 2.29. The van der Waals surface area contributed by atoms with Gasteiger partial charge in [-0.2, -0.15) is 0 Å². The quantitative estimate of drug-likeness (QED) is 0.446. The number of carbonyl (C=O) groups excluding carboxylic acids is 3. The number of ketones is 1. The molecule has 0 saturated carbocycles. The number of carbonyl (C=O) groups is 3. The third kappa shape index (κ3) is 4.55. The lowest BCUT2D eigenvalue weighted by Crippen LogP contribution is -2.28. The third-order valence-electron chi connectivity index (χ3n) is 5.04. The average Bonchev–Trinajstić information content (AvgIpc) is 2.80. The van der Waals surface area contributed by atoms with Crippen molar-refractivity contribution in [3.63, 3.8) is 0 Å². The molecule has 0 bridgehead atoms. The lowest BCUT2D eigenvalue weighted by molar-refractivity contribution is -0.112. The van der Waals surface area contributed by atoms with Crippen LogP contribution in [-0.2, 0) is 11.3 Å². The maximum Gasteiger partial charge on any atom is 0.259 e. The number of hydrogen-bond donors (Lipinski definition) is 2. The molecule has 0 radical (unpaired) electrons. The van der Waals surface area contributed by atoms with Gasteiger partial charge in [0.2, 0.25) is 5.78 Å². The summed E-state index contributed by atoms with van der Waals surface area (Å²) in [5, 5.41) is 6.04. The van der Waals surface area contributed by atoms with Crippen LogP contribution in [0.2, 0.25) is 5.02 Å². The lowest BCUT2D eigenvalue weighted by Gasteiger charge is -2.19. The fraction of sp³-hybridized carbons (Fsp3) is 0.0800. The van der Waals surface area contributed by atoms with Crippen molar-refractivity contribution in [1.82, 2.24) is 5.32 Å². The summed E-state index contributed by atoms with van der Waals surface area (Å²) in [5.41, 5.74) is 2.48. The molecule has 2 amide bonds. The van der Waals surface area contributed by atoms with Crippen LogP contribution in [0, 0.1) is 0 Å². The average molecular weight is 447 g/mol. The van der Waals surface area contributed by atoms with Crippen LogP contribution >= 0.6 is 11.6 Å². The van der Waals surface area contributed by atoms with Crippen LogP contribution in [-0.4, -0.2) is 24.7 Å². The minimum Gasteiger partial charge on any atom is -0.497 e. The van der Waals surface area contributed by atoms with Crippen molar-refractivity contribution in [2.24, 2.45) is 0 Å². The largest absolute Gasteiger partial charge is 0.497 e. The Hall–Kier alpha value is -3.90. The zero-order valence-corrected chi connectivity index (χ0v) is 17.9. The van der Waals surface area contributed by atoms with Crippen LogP contribution in [0.15, 0.2) is 72.3 Å². The van der Waals surface area contributed by atoms with Crippen LogP contribution in [0.3, 0.4) is 0 Å². The van der Waals surface area contributed by atoms with Crippen LogP contribution in [0.25, 0.3) is 6.08 Å². The predicted molar refractivity (Wildman–Crippen MR) is 123 cm³/mol. The molecular formula is C25H19ClN2O4. The molecule has 6 nitrogen and oxygen atoms in total.